The quantitative estimate of drug-likeness (QED) is 0.676. The van der Waals surface area contributed by atoms with Crippen molar-refractivity contribution < 1.29 is 9.47 Å². The van der Waals surface area contributed by atoms with Gasteiger partial charge in [-0.3, -0.25) is 0 Å². The number of hydrogen-bond donors (Lipinski definition) is 0. The third-order valence-corrected chi connectivity index (χ3v) is 3.67. The first-order valence-electron chi connectivity index (χ1n) is 7.12. The van der Waals surface area contributed by atoms with E-state index >= 15 is 0 Å². The van der Waals surface area contributed by atoms with E-state index < -0.39 is 0 Å². The summed E-state index contributed by atoms with van der Waals surface area (Å²) in [5.74, 6) is 1.59. The van der Waals surface area contributed by atoms with Gasteiger partial charge in [-0.05, 0) is 49.8 Å². The van der Waals surface area contributed by atoms with E-state index in [1.165, 1.54) is 12.0 Å². The van der Waals surface area contributed by atoms with Crippen molar-refractivity contribution in [3.8, 4) is 5.75 Å². The van der Waals surface area contributed by atoms with Crippen LogP contribution in [0.2, 0.25) is 0 Å². The molecule has 1 aliphatic rings. The van der Waals surface area contributed by atoms with Crippen LogP contribution in [-0.2, 0) is 4.74 Å². The first kappa shape index (κ1) is 13.4. The van der Waals surface area contributed by atoms with Crippen molar-refractivity contribution in [3.05, 3.63) is 29.8 Å². The molecular weight excluding hydrogens is 224 g/mol. The van der Waals surface area contributed by atoms with Crippen molar-refractivity contribution in [2.24, 2.45) is 0 Å². The maximum absolute atomic E-state index is 5.61. The standard InChI is InChI=1S/C16H24O2/c1-4-10-17-15-8-6-14(7-9-15)13(5-2)11-16-12(3)18-16/h6-9,12-13,16H,4-5,10-11H2,1-3H3. The van der Waals surface area contributed by atoms with Gasteiger partial charge in [-0.25, -0.2) is 0 Å². The van der Waals surface area contributed by atoms with Gasteiger partial charge in [0.25, 0.3) is 0 Å². The Morgan fingerprint density at radius 3 is 2.39 bits per heavy atom. The molecule has 100 valence electrons. The van der Waals surface area contributed by atoms with Crippen LogP contribution in [0, 0.1) is 0 Å². The fourth-order valence-electron chi connectivity index (χ4n) is 2.35. The zero-order valence-electron chi connectivity index (χ0n) is 11.7. The van der Waals surface area contributed by atoms with Crippen LogP contribution in [0.5, 0.6) is 5.75 Å². The van der Waals surface area contributed by atoms with E-state index in [0.717, 1.165) is 25.2 Å². The van der Waals surface area contributed by atoms with Crippen LogP contribution < -0.4 is 4.74 Å². The summed E-state index contributed by atoms with van der Waals surface area (Å²) in [5.41, 5.74) is 1.41. The molecule has 2 rings (SSSR count). The largest absolute Gasteiger partial charge is 0.494 e. The number of hydrogen-bond acceptors (Lipinski definition) is 2. The lowest BCUT2D eigenvalue weighted by Gasteiger charge is -2.14. The molecule has 0 amide bonds. The van der Waals surface area contributed by atoms with Crippen LogP contribution in [0.3, 0.4) is 0 Å². The minimum absolute atomic E-state index is 0.464. The molecular formula is C16H24O2. The molecule has 0 bridgehead atoms. The lowest BCUT2D eigenvalue weighted by Crippen LogP contribution is -2.03. The summed E-state index contributed by atoms with van der Waals surface area (Å²) in [4.78, 5) is 0. The second kappa shape index (κ2) is 6.24. The lowest BCUT2D eigenvalue weighted by molar-refractivity contribution is 0.317. The molecule has 3 atom stereocenters. The fraction of sp³-hybridized carbons (Fsp3) is 0.625. The van der Waals surface area contributed by atoms with Crippen LogP contribution >= 0.6 is 0 Å². The Bertz CT molecular complexity index is 358. The molecule has 0 spiro atoms. The summed E-state index contributed by atoms with van der Waals surface area (Å²) in [6.07, 6.45) is 4.31. The summed E-state index contributed by atoms with van der Waals surface area (Å²) in [7, 11) is 0. The van der Waals surface area contributed by atoms with Gasteiger partial charge in [-0.15, -0.1) is 0 Å². The smallest absolute Gasteiger partial charge is 0.119 e. The zero-order valence-corrected chi connectivity index (χ0v) is 11.7. The molecule has 1 fully saturated rings. The van der Waals surface area contributed by atoms with Gasteiger partial charge in [-0.2, -0.15) is 0 Å². The van der Waals surface area contributed by atoms with Crippen LogP contribution in [0.4, 0.5) is 0 Å². The van der Waals surface area contributed by atoms with E-state index in [9.17, 15) is 0 Å². The van der Waals surface area contributed by atoms with E-state index in [2.05, 4.69) is 45.0 Å². The summed E-state index contributed by atoms with van der Waals surface area (Å²) < 4.78 is 11.1. The van der Waals surface area contributed by atoms with Gasteiger partial charge >= 0.3 is 0 Å². The maximum atomic E-state index is 5.61. The molecule has 1 heterocycles. The molecule has 3 unspecified atom stereocenters. The third-order valence-electron chi connectivity index (χ3n) is 3.67. The van der Waals surface area contributed by atoms with Gasteiger partial charge in [0, 0.05) is 0 Å². The van der Waals surface area contributed by atoms with E-state index in [1.54, 1.807) is 0 Å². The normalized spacial score (nSPS) is 23.7. The van der Waals surface area contributed by atoms with Gasteiger partial charge in [-0.1, -0.05) is 26.0 Å². The van der Waals surface area contributed by atoms with Crippen molar-refractivity contribution in [3.63, 3.8) is 0 Å². The number of rotatable bonds is 7. The molecule has 0 N–H and O–H groups in total. The molecule has 1 saturated heterocycles. The zero-order chi connectivity index (χ0) is 13.0. The SMILES string of the molecule is CCCOc1ccc(C(CC)CC2OC2C)cc1. The summed E-state index contributed by atoms with van der Waals surface area (Å²) >= 11 is 0. The molecule has 0 aromatic heterocycles. The topological polar surface area (TPSA) is 21.8 Å². The molecule has 2 heteroatoms. The molecule has 1 aliphatic heterocycles. The molecule has 1 aromatic rings. The highest BCUT2D eigenvalue weighted by Gasteiger charge is 2.35. The monoisotopic (exact) mass is 248 g/mol. The maximum Gasteiger partial charge on any atom is 0.119 e. The molecule has 18 heavy (non-hydrogen) atoms. The van der Waals surface area contributed by atoms with Gasteiger partial charge in [0.1, 0.15) is 5.75 Å². The Kier molecular flexibility index (Phi) is 4.65. The Hall–Kier alpha value is -1.02. The van der Waals surface area contributed by atoms with Gasteiger partial charge in [0.05, 0.1) is 18.8 Å². The predicted octanol–water partition coefficient (Wildman–Crippen LogP) is 4.15. The summed E-state index contributed by atoms with van der Waals surface area (Å²) in [5, 5.41) is 0. The van der Waals surface area contributed by atoms with E-state index in [-0.39, 0.29) is 0 Å². The molecule has 2 nitrogen and oxygen atoms in total. The third kappa shape index (κ3) is 3.49. The fourth-order valence-corrected chi connectivity index (χ4v) is 2.35. The average Bonchev–Trinajstić information content (AvgIpc) is 3.10. The Balaban J connectivity index is 1.93. The summed E-state index contributed by atoms with van der Waals surface area (Å²) in [6.45, 7) is 7.32. The van der Waals surface area contributed by atoms with Crippen molar-refractivity contribution in [2.75, 3.05) is 6.61 Å². The first-order chi connectivity index (χ1) is 8.74. The Labute approximate surface area is 110 Å². The van der Waals surface area contributed by atoms with Gasteiger partial charge in [0.15, 0.2) is 0 Å². The predicted molar refractivity (Wildman–Crippen MR) is 74.2 cm³/mol. The van der Waals surface area contributed by atoms with Crippen molar-refractivity contribution in [1.82, 2.24) is 0 Å². The van der Waals surface area contributed by atoms with Crippen LogP contribution in [-0.4, -0.2) is 18.8 Å². The van der Waals surface area contributed by atoms with E-state index in [1.807, 2.05) is 0 Å². The van der Waals surface area contributed by atoms with Crippen molar-refractivity contribution >= 4 is 0 Å². The van der Waals surface area contributed by atoms with Crippen LogP contribution in [0.25, 0.3) is 0 Å². The second-order valence-corrected chi connectivity index (χ2v) is 5.14. The highest BCUT2D eigenvalue weighted by atomic mass is 16.6. The molecule has 1 aromatic carbocycles. The highest BCUT2D eigenvalue weighted by molar-refractivity contribution is 5.29. The number of epoxide rings is 1. The highest BCUT2D eigenvalue weighted by Crippen LogP contribution is 2.34. The molecule has 0 aliphatic carbocycles. The van der Waals surface area contributed by atoms with Crippen molar-refractivity contribution in [2.45, 2.75) is 58.2 Å². The molecule has 0 radical (unpaired) electrons. The van der Waals surface area contributed by atoms with Crippen LogP contribution in [0.15, 0.2) is 24.3 Å². The minimum Gasteiger partial charge on any atom is -0.494 e. The van der Waals surface area contributed by atoms with Gasteiger partial charge in [0.2, 0.25) is 0 Å². The lowest BCUT2D eigenvalue weighted by atomic mass is 9.91. The van der Waals surface area contributed by atoms with Crippen molar-refractivity contribution in [1.29, 1.82) is 0 Å². The van der Waals surface area contributed by atoms with Gasteiger partial charge < -0.3 is 9.47 Å². The Morgan fingerprint density at radius 2 is 1.89 bits per heavy atom. The van der Waals surface area contributed by atoms with E-state index in [4.69, 9.17) is 9.47 Å². The average molecular weight is 248 g/mol. The van der Waals surface area contributed by atoms with Crippen LogP contribution in [0.1, 0.15) is 51.5 Å². The number of ether oxygens (including phenoxy) is 2. The summed E-state index contributed by atoms with van der Waals surface area (Å²) in [6, 6.07) is 8.58. The van der Waals surface area contributed by atoms with E-state index in [0.29, 0.717) is 18.1 Å². The molecule has 0 saturated carbocycles. The minimum atomic E-state index is 0.464. The second-order valence-electron chi connectivity index (χ2n) is 5.14. The number of benzene rings is 1. The Morgan fingerprint density at radius 1 is 1.22 bits per heavy atom. The first-order valence-corrected chi connectivity index (χ1v) is 7.12.